The van der Waals surface area contributed by atoms with Crippen molar-refractivity contribution in [1.82, 2.24) is 14.9 Å². The minimum absolute atomic E-state index is 0.0145. The van der Waals surface area contributed by atoms with Gasteiger partial charge in [-0.15, -0.1) is 0 Å². The molecule has 0 bridgehead atoms. The van der Waals surface area contributed by atoms with Crippen LogP contribution in [-0.4, -0.2) is 70.4 Å². The average molecular weight is 553 g/mol. The van der Waals surface area contributed by atoms with Gasteiger partial charge in [-0.05, 0) is 12.1 Å². The molecule has 5 rings (SSSR count). The number of aromatic nitrogens is 2. The van der Waals surface area contributed by atoms with Gasteiger partial charge in [0.1, 0.15) is 0 Å². The standard InChI is InChI=1S/C25H22AsClN4O2S/c26-25-28-23(20-15-21(34-24(20)29-25)17-5-2-1-3-6-17)31-12-4-11-30(13-14-31)22(32)16-33-19-9-7-18(27)8-10-19/h1-3,5-10,15H,4,11-14,16H2. The number of hydrogen-bond donors (Lipinski definition) is 0. The van der Waals surface area contributed by atoms with E-state index in [9.17, 15) is 4.79 Å². The molecule has 2 radical (unpaired) electrons. The van der Waals surface area contributed by atoms with Crippen LogP contribution in [0.25, 0.3) is 20.7 Å². The first-order chi connectivity index (χ1) is 16.6. The van der Waals surface area contributed by atoms with E-state index < -0.39 is 0 Å². The van der Waals surface area contributed by atoms with Gasteiger partial charge in [-0.2, -0.15) is 0 Å². The van der Waals surface area contributed by atoms with Crippen molar-refractivity contribution < 1.29 is 9.53 Å². The van der Waals surface area contributed by atoms with Gasteiger partial charge in [0.05, 0.1) is 0 Å². The second kappa shape index (κ2) is 10.3. The van der Waals surface area contributed by atoms with E-state index in [2.05, 4.69) is 44.9 Å². The van der Waals surface area contributed by atoms with Crippen molar-refractivity contribution in [3.63, 3.8) is 0 Å². The van der Waals surface area contributed by atoms with Crippen molar-refractivity contribution in [3.05, 3.63) is 65.7 Å². The van der Waals surface area contributed by atoms with Gasteiger partial charge in [-0.1, -0.05) is 11.6 Å². The molecule has 34 heavy (non-hydrogen) atoms. The molecule has 0 saturated carbocycles. The summed E-state index contributed by atoms with van der Waals surface area (Å²) in [5.74, 6) is 1.56. The normalized spacial score (nSPS) is 14.3. The van der Waals surface area contributed by atoms with Crippen molar-refractivity contribution >= 4 is 66.3 Å². The molecule has 1 aliphatic rings. The molecule has 2 aromatic heterocycles. The molecule has 1 amide bonds. The zero-order chi connectivity index (χ0) is 23.5. The molecular formula is C25H22AsClN4O2S. The number of halogens is 1. The molecule has 0 N–H and O–H groups in total. The number of rotatable bonds is 5. The summed E-state index contributed by atoms with van der Waals surface area (Å²) in [5, 5.41) is 1.70. The average Bonchev–Trinajstić information content (AvgIpc) is 3.12. The zero-order valence-corrected chi connectivity index (χ0v) is 21.8. The summed E-state index contributed by atoms with van der Waals surface area (Å²) in [7, 11) is 0. The number of ether oxygens (including phenoxy) is 1. The fourth-order valence-corrected chi connectivity index (χ4v) is 5.74. The van der Waals surface area contributed by atoms with Gasteiger partial charge >= 0.3 is 188 Å². The summed E-state index contributed by atoms with van der Waals surface area (Å²) in [6.07, 6.45) is 0.863. The third-order valence-corrected chi connectivity index (χ3v) is 7.49. The van der Waals surface area contributed by atoms with Crippen LogP contribution in [0.1, 0.15) is 6.42 Å². The predicted octanol–water partition coefficient (Wildman–Crippen LogP) is 3.92. The number of amides is 1. The second-order valence-electron chi connectivity index (χ2n) is 8.01. The van der Waals surface area contributed by atoms with Crippen LogP contribution in [0.15, 0.2) is 60.7 Å². The summed E-state index contributed by atoms with van der Waals surface area (Å²) in [5.41, 5.74) is 1.18. The van der Waals surface area contributed by atoms with E-state index in [1.165, 1.54) is 10.4 Å². The molecular weight excluding hydrogens is 531 g/mol. The Bertz CT molecular complexity index is 1300. The molecule has 0 atom stereocenters. The first kappa shape index (κ1) is 23.2. The molecule has 1 saturated heterocycles. The molecule has 0 unspecified atom stereocenters. The maximum absolute atomic E-state index is 12.8. The first-order valence-electron chi connectivity index (χ1n) is 11.0. The Morgan fingerprint density at radius 2 is 1.82 bits per heavy atom. The third kappa shape index (κ3) is 5.22. The number of hydrogen-bond acceptors (Lipinski definition) is 6. The number of carbonyl (C=O) groups excluding carboxylic acids is 1. The van der Waals surface area contributed by atoms with Crippen molar-refractivity contribution in [2.24, 2.45) is 0 Å². The molecule has 1 fully saturated rings. The number of thiophene rings is 1. The van der Waals surface area contributed by atoms with Crippen LogP contribution in [0.3, 0.4) is 0 Å². The summed E-state index contributed by atoms with van der Waals surface area (Å²) in [6, 6.07) is 19.6. The van der Waals surface area contributed by atoms with Crippen molar-refractivity contribution in [1.29, 1.82) is 0 Å². The zero-order valence-electron chi connectivity index (χ0n) is 18.4. The van der Waals surface area contributed by atoms with Crippen LogP contribution in [0.5, 0.6) is 5.75 Å². The van der Waals surface area contributed by atoms with E-state index in [4.69, 9.17) is 21.3 Å². The summed E-state index contributed by atoms with van der Waals surface area (Å²) in [6.45, 7) is 2.87. The number of fused-ring (bicyclic) bond motifs is 1. The summed E-state index contributed by atoms with van der Waals surface area (Å²) >= 11 is 10.0. The summed E-state index contributed by atoms with van der Waals surface area (Å²) in [4.78, 5) is 28.5. The molecule has 0 spiro atoms. The number of benzene rings is 2. The summed E-state index contributed by atoms with van der Waals surface area (Å²) < 4.78 is 6.36. The van der Waals surface area contributed by atoms with Gasteiger partial charge in [0.25, 0.3) is 0 Å². The van der Waals surface area contributed by atoms with Gasteiger partial charge in [-0.3, -0.25) is 0 Å². The van der Waals surface area contributed by atoms with Gasteiger partial charge < -0.3 is 0 Å². The van der Waals surface area contributed by atoms with E-state index in [0.717, 1.165) is 29.0 Å². The molecule has 172 valence electrons. The molecule has 3 heterocycles. The molecule has 2 aromatic carbocycles. The van der Waals surface area contributed by atoms with Crippen LogP contribution in [0, 0.1) is 0 Å². The number of nitrogens with zero attached hydrogens (tertiary/aromatic N) is 4. The Morgan fingerprint density at radius 1 is 1.03 bits per heavy atom. The van der Waals surface area contributed by atoms with Crippen LogP contribution >= 0.6 is 22.9 Å². The van der Waals surface area contributed by atoms with E-state index in [1.54, 1.807) is 35.6 Å². The van der Waals surface area contributed by atoms with Gasteiger partial charge in [-0.25, -0.2) is 0 Å². The number of anilines is 1. The van der Waals surface area contributed by atoms with E-state index in [1.807, 2.05) is 23.1 Å². The Morgan fingerprint density at radius 3 is 2.62 bits per heavy atom. The van der Waals surface area contributed by atoms with Gasteiger partial charge in [0, 0.05) is 5.02 Å². The third-order valence-electron chi connectivity index (χ3n) is 5.74. The molecule has 4 aromatic rings. The Kier molecular flexibility index (Phi) is 7.04. The fourth-order valence-electron chi connectivity index (χ4n) is 4.03. The Labute approximate surface area is 216 Å². The Balaban J connectivity index is 1.30. The van der Waals surface area contributed by atoms with E-state index in [-0.39, 0.29) is 12.5 Å². The number of carbonyl (C=O) groups is 1. The molecule has 0 aliphatic carbocycles. The predicted molar refractivity (Wildman–Crippen MR) is 139 cm³/mol. The van der Waals surface area contributed by atoms with Crippen LogP contribution in [0.4, 0.5) is 5.82 Å². The van der Waals surface area contributed by atoms with Crippen molar-refractivity contribution in [3.8, 4) is 16.2 Å². The molecule has 9 heteroatoms. The van der Waals surface area contributed by atoms with Crippen LogP contribution in [0.2, 0.25) is 5.02 Å². The van der Waals surface area contributed by atoms with Gasteiger partial charge in [0.2, 0.25) is 0 Å². The SMILES string of the molecule is O=C(COc1ccc(Cl)cc1)N1CCCN(c2nc([As])nc3sc(-c4ccccc4)cc23)CC1. The van der Waals surface area contributed by atoms with Crippen LogP contribution in [-0.2, 0) is 4.79 Å². The Hall–Kier alpha value is -2.60. The fraction of sp³-hybridized carbons (Fsp3) is 0.240. The van der Waals surface area contributed by atoms with E-state index in [0.29, 0.717) is 35.0 Å². The first-order valence-corrected chi connectivity index (χ1v) is 13.2. The molecule has 6 nitrogen and oxygen atoms in total. The monoisotopic (exact) mass is 552 g/mol. The van der Waals surface area contributed by atoms with Crippen molar-refractivity contribution in [2.75, 3.05) is 37.7 Å². The second-order valence-corrected chi connectivity index (χ2v) is 10.3. The maximum atomic E-state index is 12.8. The van der Waals surface area contributed by atoms with Crippen LogP contribution < -0.4 is 14.2 Å². The van der Waals surface area contributed by atoms with E-state index >= 15 is 0 Å². The van der Waals surface area contributed by atoms with Crippen molar-refractivity contribution in [2.45, 2.75) is 6.42 Å². The van der Waals surface area contributed by atoms with Gasteiger partial charge in [0.15, 0.2) is 0 Å². The minimum atomic E-state index is -0.0145. The molecule has 1 aliphatic heterocycles. The quantitative estimate of drug-likeness (QED) is 0.351. The topological polar surface area (TPSA) is 58.6 Å².